The number of nitrogens with zero attached hydrogens (tertiary/aromatic N) is 1. The van der Waals surface area contributed by atoms with E-state index < -0.39 is 9.84 Å². The smallest absolute Gasteiger partial charge is 0.232 e. The van der Waals surface area contributed by atoms with E-state index in [1.54, 1.807) is 24.1 Å². The highest BCUT2D eigenvalue weighted by molar-refractivity contribution is 8.00. The molecule has 0 aromatic heterocycles. The van der Waals surface area contributed by atoms with Crippen molar-refractivity contribution in [1.82, 2.24) is 4.90 Å². The van der Waals surface area contributed by atoms with Crippen molar-refractivity contribution in [3.05, 3.63) is 24.3 Å². The van der Waals surface area contributed by atoms with Gasteiger partial charge in [-0.1, -0.05) is 0 Å². The summed E-state index contributed by atoms with van der Waals surface area (Å²) in [5.41, 5.74) is 0.710. The minimum Gasteiger partial charge on any atom is -0.341 e. The van der Waals surface area contributed by atoms with Gasteiger partial charge in [0, 0.05) is 30.6 Å². The van der Waals surface area contributed by atoms with Crippen molar-refractivity contribution in [2.45, 2.75) is 24.3 Å². The highest BCUT2D eigenvalue weighted by atomic mass is 32.2. The van der Waals surface area contributed by atoms with Crippen molar-refractivity contribution in [1.29, 1.82) is 0 Å². The van der Waals surface area contributed by atoms with E-state index in [1.165, 1.54) is 18.7 Å². The zero-order valence-electron chi connectivity index (χ0n) is 13.1. The molecule has 1 heterocycles. The van der Waals surface area contributed by atoms with Crippen molar-refractivity contribution in [3.8, 4) is 0 Å². The molecule has 23 heavy (non-hydrogen) atoms. The minimum atomic E-state index is -2.99. The summed E-state index contributed by atoms with van der Waals surface area (Å²) in [7, 11) is -1.33. The molecule has 1 N–H and O–H groups in total. The molecular weight excluding hydrogens is 336 g/mol. The van der Waals surface area contributed by atoms with Gasteiger partial charge in [-0.25, -0.2) is 8.42 Å². The van der Waals surface area contributed by atoms with Crippen LogP contribution >= 0.6 is 11.8 Å². The van der Waals surface area contributed by atoms with Crippen LogP contribution in [0, 0.1) is 0 Å². The summed E-state index contributed by atoms with van der Waals surface area (Å²) in [5.74, 6) is 0.266. The summed E-state index contributed by atoms with van der Waals surface area (Å²) in [6, 6.07) is 7.02. The van der Waals surface area contributed by atoms with Crippen LogP contribution in [-0.2, 0) is 19.4 Å². The lowest BCUT2D eigenvalue weighted by molar-refractivity contribution is -0.128. The van der Waals surface area contributed by atoms with Crippen LogP contribution in [0.3, 0.4) is 0 Å². The molecule has 1 aliphatic heterocycles. The number of rotatable bonds is 5. The maximum absolute atomic E-state index is 12.2. The van der Waals surface area contributed by atoms with Gasteiger partial charge in [0.1, 0.15) is 0 Å². The van der Waals surface area contributed by atoms with E-state index in [0.29, 0.717) is 12.1 Å². The Morgan fingerprint density at radius 3 is 2.48 bits per heavy atom. The molecule has 0 unspecified atom stereocenters. The van der Waals surface area contributed by atoms with Crippen molar-refractivity contribution in [3.63, 3.8) is 0 Å². The second-order valence-electron chi connectivity index (χ2n) is 5.56. The van der Waals surface area contributed by atoms with Crippen LogP contribution in [0.15, 0.2) is 29.2 Å². The topological polar surface area (TPSA) is 83.6 Å². The van der Waals surface area contributed by atoms with Crippen molar-refractivity contribution in [2.75, 3.05) is 29.6 Å². The highest BCUT2D eigenvalue weighted by Gasteiger charge is 2.32. The molecule has 0 aliphatic carbocycles. The molecule has 1 atom stereocenters. The fourth-order valence-corrected chi connectivity index (χ4v) is 4.97. The zero-order valence-corrected chi connectivity index (χ0v) is 14.7. The number of carbonyl (C=O) groups excluding carboxylic acids is 2. The Labute approximate surface area is 140 Å². The SMILES string of the molecule is CC(=O)Nc1ccc(SCC(=O)N(C)[C@@H]2CCS(=O)(=O)C2)cc1. The number of nitrogens with one attached hydrogen (secondary N) is 1. The molecule has 1 aromatic carbocycles. The fourth-order valence-electron chi connectivity index (χ4n) is 2.37. The second-order valence-corrected chi connectivity index (χ2v) is 8.83. The Morgan fingerprint density at radius 2 is 1.96 bits per heavy atom. The molecular formula is C15H20N2O4S2. The third kappa shape index (κ3) is 5.24. The number of carbonyl (C=O) groups is 2. The predicted molar refractivity (Wildman–Crippen MR) is 91.3 cm³/mol. The lowest BCUT2D eigenvalue weighted by Crippen LogP contribution is -2.38. The van der Waals surface area contributed by atoms with Crippen molar-refractivity contribution < 1.29 is 18.0 Å². The third-order valence-corrected chi connectivity index (χ3v) is 6.43. The summed E-state index contributed by atoms with van der Waals surface area (Å²) < 4.78 is 23.0. The third-order valence-electron chi connectivity index (χ3n) is 3.69. The molecule has 2 rings (SSSR count). The van der Waals surface area contributed by atoms with Gasteiger partial charge >= 0.3 is 0 Å². The summed E-state index contributed by atoms with van der Waals surface area (Å²) >= 11 is 1.39. The monoisotopic (exact) mass is 356 g/mol. The first-order chi connectivity index (χ1) is 10.8. The molecule has 8 heteroatoms. The maximum atomic E-state index is 12.2. The molecule has 1 saturated heterocycles. The number of hydrogen-bond donors (Lipinski definition) is 1. The van der Waals surface area contributed by atoms with E-state index in [0.717, 1.165) is 4.90 Å². The molecule has 1 aromatic rings. The number of anilines is 1. The number of sulfone groups is 1. The molecule has 1 aliphatic rings. The predicted octanol–water partition coefficient (Wildman–Crippen LogP) is 1.38. The average molecular weight is 356 g/mol. The van der Waals surface area contributed by atoms with Crippen LogP contribution in [0.25, 0.3) is 0 Å². The zero-order chi connectivity index (χ0) is 17.0. The molecule has 2 amide bonds. The number of hydrogen-bond acceptors (Lipinski definition) is 5. The Hall–Kier alpha value is -1.54. The summed E-state index contributed by atoms with van der Waals surface area (Å²) in [6.45, 7) is 1.44. The molecule has 0 bridgehead atoms. The largest absolute Gasteiger partial charge is 0.341 e. The van der Waals surface area contributed by atoms with Gasteiger partial charge in [-0.05, 0) is 30.7 Å². The van der Waals surface area contributed by atoms with Gasteiger partial charge in [-0.2, -0.15) is 0 Å². The van der Waals surface area contributed by atoms with Gasteiger partial charge in [0.05, 0.1) is 17.3 Å². The van der Waals surface area contributed by atoms with Gasteiger partial charge in [0.15, 0.2) is 9.84 Å². The maximum Gasteiger partial charge on any atom is 0.232 e. The quantitative estimate of drug-likeness (QED) is 0.806. The fraction of sp³-hybridized carbons (Fsp3) is 0.467. The van der Waals surface area contributed by atoms with Gasteiger partial charge in [-0.3, -0.25) is 9.59 Å². The van der Waals surface area contributed by atoms with E-state index >= 15 is 0 Å². The molecule has 0 spiro atoms. The normalized spacial score (nSPS) is 19.3. The van der Waals surface area contributed by atoms with Gasteiger partial charge in [-0.15, -0.1) is 11.8 Å². The van der Waals surface area contributed by atoms with Crippen LogP contribution in [0.4, 0.5) is 5.69 Å². The van der Waals surface area contributed by atoms with E-state index in [2.05, 4.69) is 5.32 Å². The minimum absolute atomic E-state index is 0.0608. The first-order valence-corrected chi connectivity index (χ1v) is 10.0. The second kappa shape index (κ2) is 7.35. The van der Waals surface area contributed by atoms with Gasteiger partial charge in [0.2, 0.25) is 11.8 Å². The van der Waals surface area contributed by atoms with Crippen molar-refractivity contribution in [2.24, 2.45) is 0 Å². The van der Waals surface area contributed by atoms with Crippen LogP contribution in [0.5, 0.6) is 0 Å². The Morgan fingerprint density at radius 1 is 1.30 bits per heavy atom. The molecule has 126 valence electrons. The van der Waals surface area contributed by atoms with Crippen LogP contribution in [0.1, 0.15) is 13.3 Å². The van der Waals surface area contributed by atoms with E-state index in [1.807, 2.05) is 12.1 Å². The number of amides is 2. The standard InChI is InChI=1S/C15H20N2O4S2/c1-11(18)16-12-3-5-14(6-4-12)22-9-15(19)17(2)13-7-8-23(20,21)10-13/h3-6,13H,7-10H2,1-2H3,(H,16,18)/t13-/m1/s1. The van der Waals surface area contributed by atoms with Gasteiger partial charge in [0.25, 0.3) is 0 Å². The molecule has 1 fully saturated rings. The lowest BCUT2D eigenvalue weighted by atomic mass is 10.2. The van der Waals surface area contributed by atoms with E-state index in [4.69, 9.17) is 0 Å². The summed E-state index contributed by atoms with van der Waals surface area (Å²) in [6.07, 6.45) is 0.515. The molecule has 0 saturated carbocycles. The summed E-state index contributed by atoms with van der Waals surface area (Å²) in [5, 5.41) is 2.68. The van der Waals surface area contributed by atoms with E-state index in [9.17, 15) is 18.0 Å². The summed E-state index contributed by atoms with van der Waals surface area (Å²) in [4.78, 5) is 25.6. The van der Waals surface area contributed by atoms with E-state index in [-0.39, 0.29) is 35.1 Å². The van der Waals surface area contributed by atoms with Gasteiger partial charge < -0.3 is 10.2 Å². The van der Waals surface area contributed by atoms with Crippen LogP contribution < -0.4 is 5.32 Å². The Bertz CT molecular complexity index is 686. The van der Waals surface area contributed by atoms with Crippen molar-refractivity contribution >= 4 is 39.1 Å². The first kappa shape index (κ1) is 17.8. The number of thioether (sulfide) groups is 1. The van der Waals surface area contributed by atoms with Crippen LogP contribution in [-0.4, -0.2) is 55.5 Å². The first-order valence-electron chi connectivity index (χ1n) is 7.23. The Balaban J connectivity index is 1.85. The Kier molecular flexibility index (Phi) is 5.69. The average Bonchev–Trinajstić information content (AvgIpc) is 2.85. The highest BCUT2D eigenvalue weighted by Crippen LogP contribution is 2.22. The molecule has 6 nitrogen and oxygen atoms in total. The molecule has 0 radical (unpaired) electrons. The number of benzene rings is 1. The lowest BCUT2D eigenvalue weighted by Gasteiger charge is -2.23. The van der Waals surface area contributed by atoms with Crippen LogP contribution in [0.2, 0.25) is 0 Å².